The van der Waals surface area contributed by atoms with Crippen molar-refractivity contribution in [2.45, 2.75) is 83.7 Å². The molecule has 3 aliphatic carbocycles. The molecule has 0 saturated carbocycles. The van der Waals surface area contributed by atoms with Gasteiger partial charge in [-0.2, -0.15) is 0 Å². The largest absolute Gasteiger partial charge is 0.376 e. The first-order chi connectivity index (χ1) is 50.5. The maximum Gasteiger partial charge on any atom is 0.0434 e. The Bertz CT molecular complexity index is 4590. The fourth-order valence-corrected chi connectivity index (χ4v) is 15.7. The first-order valence-corrected chi connectivity index (χ1v) is 37.4. The summed E-state index contributed by atoms with van der Waals surface area (Å²) in [6.45, 7) is 5.98. The van der Waals surface area contributed by atoms with E-state index in [1.807, 2.05) is 0 Å². The third-order valence-corrected chi connectivity index (χ3v) is 21.0. The molecule has 13 aromatic carbocycles. The zero-order valence-corrected chi connectivity index (χ0v) is 59.1. The molecule has 0 amide bonds. The number of aryl methyl sites for hydroxylation is 3. The van der Waals surface area contributed by atoms with Crippen LogP contribution >= 0.6 is 0 Å². The van der Waals surface area contributed by atoms with Crippen LogP contribution in [0.3, 0.4) is 0 Å². The minimum Gasteiger partial charge on any atom is -0.376 e. The number of nitrogens with zero attached hydrogens (tertiary/aromatic N) is 3. The van der Waals surface area contributed by atoms with Gasteiger partial charge >= 0.3 is 0 Å². The molecule has 13 aromatic rings. The van der Waals surface area contributed by atoms with Crippen molar-refractivity contribution in [3.63, 3.8) is 0 Å². The number of benzene rings is 13. The molecule has 16 rings (SSSR count). The Hall–Kier alpha value is -11.0. The maximum atomic E-state index is 2.69. The van der Waals surface area contributed by atoms with E-state index in [1.54, 1.807) is 22.3 Å². The van der Waals surface area contributed by atoms with Crippen molar-refractivity contribution in [2.75, 3.05) is 26.2 Å². The van der Waals surface area contributed by atoms with Crippen LogP contribution in [0.2, 0.25) is 0 Å². The Kier molecular flexibility index (Phi) is 23.3. The van der Waals surface area contributed by atoms with Crippen LogP contribution in [-0.4, -0.2) is 40.9 Å². The van der Waals surface area contributed by atoms with Crippen LogP contribution in [-0.2, 0) is 58.0 Å². The molecule has 3 heteroatoms. The van der Waals surface area contributed by atoms with Crippen LogP contribution in [0.25, 0.3) is 38.3 Å². The summed E-state index contributed by atoms with van der Waals surface area (Å²) in [6, 6.07) is 123. The van der Waals surface area contributed by atoms with Gasteiger partial charge in [-0.25, -0.2) is 0 Å². The first-order valence-electron chi connectivity index (χ1n) is 37.4. The molecule has 0 N–H and O–H groups in total. The second-order valence-corrected chi connectivity index (χ2v) is 28.1. The van der Waals surface area contributed by atoms with Crippen molar-refractivity contribution < 1.29 is 0 Å². The second kappa shape index (κ2) is 34.9. The number of rotatable bonds is 21. The van der Waals surface area contributed by atoms with Gasteiger partial charge in [0.25, 0.3) is 0 Å². The van der Waals surface area contributed by atoms with Crippen molar-refractivity contribution in [2.24, 2.45) is 11.8 Å². The standard InChI is InChI=1S/C36H37N.C33H29N.C30H29N/c1-3-13-32(14-4-1)36(33-15-5-2-6-16-33)27-37(25-28-19-21-30-11-7-9-17-34(30)23-28)26-29-20-22-31-12-8-10-18-35(31)24-29;1-4-19-31-25(10-1)13-7-16-28(31)22-34(23-29-17-8-14-26-11-2-5-20-32(26)29)24-30-18-9-15-27-12-3-6-21-33(27)30;1-5-13-26(14-6-1)21-23-31(24-22-27-15-7-2-8-16-27)25-30(28-17-9-3-10-18-28)29-19-11-4-12-20-29/h1-18,27-29H,19-26H2;1-8,10-14,16-17,19-21,24H,9,15,18,22-23H2;1-20,25H,21-24H2/b;30-24+;. The van der Waals surface area contributed by atoms with Crippen LogP contribution < -0.4 is 0 Å². The number of fused-ring (bicyclic) bond motifs is 5. The molecule has 0 radical (unpaired) electrons. The Morgan fingerprint density at radius 2 is 0.667 bits per heavy atom. The normalized spacial score (nSPS) is 14.6. The number of hydrogen-bond donors (Lipinski definition) is 0. The lowest BCUT2D eigenvalue weighted by Gasteiger charge is -2.34. The Labute approximate surface area is 607 Å². The van der Waals surface area contributed by atoms with E-state index in [4.69, 9.17) is 0 Å². The predicted octanol–water partition coefficient (Wildman–Crippen LogP) is 23.2. The van der Waals surface area contributed by atoms with Gasteiger partial charge < -0.3 is 14.7 Å². The highest BCUT2D eigenvalue weighted by atomic mass is 15.1. The average Bonchev–Trinajstić information content (AvgIpc) is 0.917. The molecule has 0 aliphatic heterocycles. The van der Waals surface area contributed by atoms with Crippen LogP contribution in [0.5, 0.6) is 0 Å². The van der Waals surface area contributed by atoms with Gasteiger partial charge in [0.1, 0.15) is 0 Å². The van der Waals surface area contributed by atoms with Gasteiger partial charge in [-0.15, -0.1) is 0 Å². The Balaban J connectivity index is 0.000000130. The van der Waals surface area contributed by atoms with Crippen LogP contribution in [0.1, 0.15) is 104 Å². The van der Waals surface area contributed by atoms with Crippen LogP contribution in [0, 0.1) is 11.8 Å². The van der Waals surface area contributed by atoms with Gasteiger partial charge in [-0.05, 0) is 187 Å². The summed E-state index contributed by atoms with van der Waals surface area (Å²) >= 11 is 0. The van der Waals surface area contributed by atoms with Gasteiger partial charge in [-0.1, -0.05) is 340 Å². The third kappa shape index (κ3) is 18.3. The molecule has 0 heterocycles. The van der Waals surface area contributed by atoms with Crippen molar-refractivity contribution >= 4 is 38.3 Å². The van der Waals surface area contributed by atoms with E-state index in [-0.39, 0.29) is 0 Å². The van der Waals surface area contributed by atoms with Gasteiger partial charge in [0.2, 0.25) is 0 Å². The topological polar surface area (TPSA) is 9.72 Å². The van der Waals surface area contributed by atoms with Gasteiger partial charge in [0.05, 0.1) is 0 Å². The monoisotopic (exact) mass is 1330 g/mol. The minimum absolute atomic E-state index is 0.690. The molecule has 3 aliphatic rings. The molecule has 2 atom stereocenters. The SMILES string of the molecule is C(=C(c1ccccc1)c1ccccc1)N(CC1CCc2ccccc2C1)CC1CCc2ccccc2C1.C(=C(c1ccccc1)c1ccccc1)N(CCc1ccccc1)CCc1ccccc1.C(=C1/CCCc2ccccc21)/N(Cc1cccc2ccccc12)Cc1cccc2ccccc12. The van der Waals surface area contributed by atoms with E-state index in [2.05, 4.69) is 373 Å². The van der Waals surface area contributed by atoms with E-state index in [0.29, 0.717) is 11.8 Å². The number of hydrogen-bond acceptors (Lipinski definition) is 3. The van der Waals surface area contributed by atoms with E-state index >= 15 is 0 Å². The summed E-state index contributed by atoms with van der Waals surface area (Å²) in [6.07, 6.45) is 20.3. The van der Waals surface area contributed by atoms with Crippen molar-refractivity contribution in [1.29, 1.82) is 0 Å². The number of allylic oxidation sites excluding steroid dienone is 1. The fourth-order valence-electron chi connectivity index (χ4n) is 15.7. The molecule has 3 nitrogen and oxygen atoms in total. The molecule has 506 valence electrons. The molecule has 0 saturated heterocycles. The maximum absolute atomic E-state index is 2.69. The van der Waals surface area contributed by atoms with E-state index < -0.39 is 0 Å². The predicted molar refractivity (Wildman–Crippen MR) is 432 cm³/mol. The summed E-state index contributed by atoms with van der Waals surface area (Å²) in [4.78, 5) is 7.70. The molecular weight excluding hydrogens is 1230 g/mol. The molecule has 0 fully saturated rings. The lowest BCUT2D eigenvalue weighted by Crippen LogP contribution is -2.34. The van der Waals surface area contributed by atoms with Crippen molar-refractivity contribution in [1.82, 2.24) is 14.7 Å². The molecule has 0 bridgehead atoms. The highest BCUT2D eigenvalue weighted by Crippen LogP contribution is 2.35. The smallest absolute Gasteiger partial charge is 0.0434 e. The molecule has 0 aromatic heterocycles. The summed E-state index contributed by atoms with van der Waals surface area (Å²) in [5.41, 5.74) is 23.8. The van der Waals surface area contributed by atoms with Crippen molar-refractivity contribution in [3.8, 4) is 0 Å². The molecule has 2 unspecified atom stereocenters. The first kappa shape index (κ1) is 68.1. The zero-order valence-electron chi connectivity index (χ0n) is 59.1. The third-order valence-electron chi connectivity index (χ3n) is 21.0. The molecule has 102 heavy (non-hydrogen) atoms. The molecule has 0 spiro atoms. The highest BCUT2D eigenvalue weighted by Gasteiger charge is 2.25. The summed E-state index contributed by atoms with van der Waals surface area (Å²) < 4.78 is 0. The van der Waals surface area contributed by atoms with Gasteiger partial charge in [-0.3, -0.25) is 0 Å². The lowest BCUT2D eigenvalue weighted by atomic mass is 9.82. The average molecular weight is 1330 g/mol. The van der Waals surface area contributed by atoms with E-state index in [0.717, 1.165) is 58.5 Å². The fraction of sp³-hybridized carbons (Fsp3) is 0.192. The Morgan fingerprint density at radius 3 is 1.12 bits per heavy atom. The van der Waals surface area contributed by atoms with Crippen molar-refractivity contribution in [3.05, 3.63) is 436 Å². The quantitative estimate of drug-likeness (QED) is 0.0710. The van der Waals surface area contributed by atoms with Gasteiger partial charge in [0.15, 0.2) is 0 Å². The van der Waals surface area contributed by atoms with E-state index in [9.17, 15) is 0 Å². The Morgan fingerprint density at radius 1 is 0.304 bits per heavy atom. The zero-order chi connectivity index (χ0) is 68.8. The summed E-state index contributed by atoms with van der Waals surface area (Å²) in [5.74, 6) is 1.38. The summed E-state index contributed by atoms with van der Waals surface area (Å²) in [5, 5.41) is 5.30. The second-order valence-electron chi connectivity index (χ2n) is 28.1. The summed E-state index contributed by atoms with van der Waals surface area (Å²) in [7, 11) is 0. The van der Waals surface area contributed by atoms with Crippen LogP contribution in [0.4, 0.5) is 0 Å². The van der Waals surface area contributed by atoms with E-state index in [1.165, 1.54) is 145 Å². The lowest BCUT2D eigenvalue weighted by molar-refractivity contribution is 0.241. The van der Waals surface area contributed by atoms with Gasteiger partial charge in [0, 0.05) is 69.0 Å². The van der Waals surface area contributed by atoms with Crippen LogP contribution in [0.15, 0.2) is 358 Å². The highest BCUT2D eigenvalue weighted by molar-refractivity contribution is 5.87. The minimum atomic E-state index is 0.690. The molecular formula is C99H95N3.